The third-order valence-electron chi connectivity index (χ3n) is 2.55. The standard InChI is InChI=1S/C13H20ClNO/c1-3-11-10-12(6-7-13(11)14)16-9-5-4-8-15-2/h6-7,10,15H,3-5,8-9H2,1-2H3/p+1. The average Bonchev–Trinajstić information content (AvgIpc) is 2.31. The van der Waals surface area contributed by atoms with Crippen molar-refractivity contribution < 1.29 is 10.1 Å². The van der Waals surface area contributed by atoms with Gasteiger partial charge in [-0.05, 0) is 43.0 Å². The van der Waals surface area contributed by atoms with Crippen molar-refractivity contribution in [2.45, 2.75) is 26.2 Å². The first-order chi connectivity index (χ1) is 7.77. The first-order valence-electron chi connectivity index (χ1n) is 5.97. The molecule has 0 unspecified atom stereocenters. The van der Waals surface area contributed by atoms with Gasteiger partial charge in [-0.15, -0.1) is 0 Å². The maximum Gasteiger partial charge on any atom is 0.119 e. The first-order valence-corrected chi connectivity index (χ1v) is 6.34. The second kappa shape index (κ2) is 7.53. The van der Waals surface area contributed by atoms with Gasteiger partial charge in [-0.2, -0.15) is 0 Å². The molecular weight excluding hydrogens is 222 g/mol. The predicted molar refractivity (Wildman–Crippen MR) is 68.3 cm³/mol. The lowest BCUT2D eigenvalue weighted by molar-refractivity contribution is -0.627. The number of hydrogen-bond acceptors (Lipinski definition) is 1. The minimum atomic E-state index is 0.790. The predicted octanol–water partition coefficient (Wildman–Crippen LogP) is 2.25. The van der Waals surface area contributed by atoms with E-state index in [-0.39, 0.29) is 0 Å². The van der Waals surface area contributed by atoms with Crippen LogP contribution in [0, 0.1) is 0 Å². The summed E-state index contributed by atoms with van der Waals surface area (Å²) in [4.78, 5) is 0. The van der Waals surface area contributed by atoms with E-state index in [0.29, 0.717) is 0 Å². The Labute approximate surface area is 103 Å². The van der Waals surface area contributed by atoms with Gasteiger partial charge in [0, 0.05) is 5.02 Å². The molecule has 0 saturated carbocycles. The van der Waals surface area contributed by atoms with Gasteiger partial charge in [0.2, 0.25) is 0 Å². The summed E-state index contributed by atoms with van der Waals surface area (Å²) in [6.45, 7) is 4.06. The van der Waals surface area contributed by atoms with Crippen LogP contribution in [0.4, 0.5) is 0 Å². The van der Waals surface area contributed by atoms with Crippen molar-refractivity contribution in [3.63, 3.8) is 0 Å². The molecule has 0 amide bonds. The lowest BCUT2D eigenvalue weighted by Crippen LogP contribution is -2.79. The normalized spacial score (nSPS) is 10.4. The lowest BCUT2D eigenvalue weighted by Gasteiger charge is -2.08. The highest BCUT2D eigenvalue weighted by Crippen LogP contribution is 2.22. The maximum absolute atomic E-state index is 6.04. The van der Waals surface area contributed by atoms with E-state index in [1.807, 2.05) is 18.2 Å². The fourth-order valence-corrected chi connectivity index (χ4v) is 1.80. The number of aryl methyl sites for hydroxylation is 1. The number of hydrogen-bond donors (Lipinski definition) is 1. The van der Waals surface area contributed by atoms with E-state index >= 15 is 0 Å². The Morgan fingerprint density at radius 1 is 1.31 bits per heavy atom. The molecule has 0 fully saturated rings. The number of ether oxygens (including phenoxy) is 1. The van der Waals surface area contributed by atoms with Crippen LogP contribution in [0.1, 0.15) is 25.3 Å². The molecule has 16 heavy (non-hydrogen) atoms. The first kappa shape index (κ1) is 13.3. The van der Waals surface area contributed by atoms with Crippen LogP contribution < -0.4 is 10.1 Å². The summed E-state index contributed by atoms with van der Waals surface area (Å²) in [7, 11) is 2.09. The van der Waals surface area contributed by atoms with Gasteiger partial charge in [-0.25, -0.2) is 0 Å². The van der Waals surface area contributed by atoms with Gasteiger partial charge in [0.15, 0.2) is 0 Å². The van der Waals surface area contributed by atoms with Gasteiger partial charge < -0.3 is 10.1 Å². The highest BCUT2D eigenvalue weighted by Gasteiger charge is 2.00. The zero-order chi connectivity index (χ0) is 11.8. The van der Waals surface area contributed by atoms with Gasteiger partial charge in [-0.1, -0.05) is 18.5 Å². The van der Waals surface area contributed by atoms with Crippen LogP contribution >= 0.6 is 11.6 Å². The van der Waals surface area contributed by atoms with Crippen LogP contribution in [-0.4, -0.2) is 20.2 Å². The molecule has 0 bridgehead atoms. The molecule has 0 aliphatic carbocycles. The number of rotatable bonds is 7. The van der Waals surface area contributed by atoms with E-state index in [1.54, 1.807) is 0 Å². The van der Waals surface area contributed by atoms with Crippen molar-refractivity contribution >= 4 is 11.6 Å². The maximum atomic E-state index is 6.04. The summed E-state index contributed by atoms with van der Waals surface area (Å²) in [5, 5.41) is 3.02. The summed E-state index contributed by atoms with van der Waals surface area (Å²) in [6.07, 6.45) is 3.25. The smallest absolute Gasteiger partial charge is 0.119 e. The van der Waals surface area contributed by atoms with Crippen LogP contribution in [0.15, 0.2) is 18.2 Å². The van der Waals surface area contributed by atoms with Gasteiger partial charge >= 0.3 is 0 Å². The molecule has 2 N–H and O–H groups in total. The van der Waals surface area contributed by atoms with Crippen molar-refractivity contribution in [2.24, 2.45) is 0 Å². The highest BCUT2D eigenvalue weighted by atomic mass is 35.5. The summed E-state index contributed by atoms with van der Waals surface area (Å²) in [6, 6.07) is 5.89. The molecule has 0 aromatic heterocycles. The molecule has 0 radical (unpaired) electrons. The van der Waals surface area contributed by atoms with Crippen molar-refractivity contribution in [2.75, 3.05) is 20.2 Å². The fourth-order valence-electron chi connectivity index (χ4n) is 1.55. The molecule has 1 aromatic carbocycles. The number of benzene rings is 1. The number of nitrogens with two attached hydrogens (primary N) is 1. The van der Waals surface area contributed by atoms with Crippen LogP contribution in [0.3, 0.4) is 0 Å². The highest BCUT2D eigenvalue weighted by molar-refractivity contribution is 6.31. The molecule has 2 nitrogen and oxygen atoms in total. The summed E-state index contributed by atoms with van der Waals surface area (Å²) < 4.78 is 5.68. The van der Waals surface area contributed by atoms with E-state index in [0.717, 1.165) is 35.8 Å². The monoisotopic (exact) mass is 242 g/mol. The minimum Gasteiger partial charge on any atom is -0.494 e. The topological polar surface area (TPSA) is 25.8 Å². The van der Waals surface area contributed by atoms with Crippen molar-refractivity contribution in [1.29, 1.82) is 0 Å². The molecule has 90 valence electrons. The number of quaternary nitrogens is 1. The average molecular weight is 243 g/mol. The molecule has 0 atom stereocenters. The van der Waals surface area contributed by atoms with E-state index in [2.05, 4.69) is 19.3 Å². The number of halogens is 1. The Bertz CT molecular complexity index is 315. The van der Waals surface area contributed by atoms with Gasteiger partial charge in [-0.3, -0.25) is 0 Å². The third kappa shape index (κ3) is 4.42. The minimum absolute atomic E-state index is 0.790. The molecule has 0 saturated heterocycles. The largest absolute Gasteiger partial charge is 0.494 e. The Morgan fingerprint density at radius 2 is 2.12 bits per heavy atom. The quantitative estimate of drug-likeness (QED) is 0.730. The molecule has 0 heterocycles. The molecule has 1 aromatic rings. The molecule has 1 rings (SSSR count). The van der Waals surface area contributed by atoms with Crippen LogP contribution in [0.25, 0.3) is 0 Å². The van der Waals surface area contributed by atoms with E-state index < -0.39 is 0 Å². The second-order valence-electron chi connectivity index (χ2n) is 3.86. The van der Waals surface area contributed by atoms with E-state index in [1.165, 1.54) is 13.0 Å². The zero-order valence-electron chi connectivity index (χ0n) is 10.1. The van der Waals surface area contributed by atoms with Crippen LogP contribution in [0.5, 0.6) is 5.75 Å². The Balaban J connectivity index is 2.36. The summed E-state index contributed by atoms with van der Waals surface area (Å²) >= 11 is 6.04. The second-order valence-corrected chi connectivity index (χ2v) is 4.27. The molecule has 0 aliphatic heterocycles. The molecule has 0 spiro atoms. The molecular formula is C13H21ClNO+. The van der Waals surface area contributed by atoms with Crippen LogP contribution in [0.2, 0.25) is 5.02 Å². The summed E-state index contributed by atoms with van der Waals surface area (Å²) in [5.74, 6) is 0.932. The van der Waals surface area contributed by atoms with Crippen LogP contribution in [-0.2, 0) is 6.42 Å². The Morgan fingerprint density at radius 3 is 2.81 bits per heavy atom. The molecule has 0 aliphatic rings. The molecule has 3 heteroatoms. The lowest BCUT2D eigenvalue weighted by atomic mass is 10.1. The van der Waals surface area contributed by atoms with Crippen molar-refractivity contribution in [1.82, 2.24) is 0 Å². The zero-order valence-corrected chi connectivity index (χ0v) is 10.9. The van der Waals surface area contributed by atoms with Crippen molar-refractivity contribution in [3.8, 4) is 5.75 Å². The van der Waals surface area contributed by atoms with E-state index in [4.69, 9.17) is 16.3 Å². The number of unbranched alkanes of at least 4 members (excludes halogenated alkanes) is 1. The third-order valence-corrected chi connectivity index (χ3v) is 2.92. The Hall–Kier alpha value is -0.730. The SMILES string of the molecule is CCc1cc(OCCCC[NH2+]C)ccc1Cl. The summed E-state index contributed by atoms with van der Waals surface area (Å²) in [5.41, 5.74) is 1.15. The van der Waals surface area contributed by atoms with Gasteiger partial charge in [0.05, 0.1) is 20.2 Å². The van der Waals surface area contributed by atoms with E-state index in [9.17, 15) is 0 Å². The fraction of sp³-hybridized carbons (Fsp3) is 0.538. The van der Waals surface area contributed by atoms with Crippen molar-refractivity contribution in [3.05, 3.63) is 28.8 Å². The van der Waals surface area contributed by atoms with Gasteiger partial charge in [0.25, 0.3) is 0 Å². The Kier molecular flexibility index (Phi) is 6.27. The van der Waals surface area contributed by atoms with Gasteiger partial charge in [0.1, 0.15) is 5.75 Å².